The van der Waals surface area contributed by atoms with Gasteiger partial charge in [-0.1, -0.05) is 73.5 Å². The molecule has 2 amide bonds. The normalized spacial score (nSPS) is 18.9. The molecule has 0 bridgehead atoms. The first kappa shape index (κ1) is 27.4. The van der Waals surface area contributed by atoms with Crippen LogP contribution in [0.3, 0.4) is 0 Å². The van der Waals surface area contributed by atoms with E-state index in [1.165, 1.54) is 0 Å². The van der Waals surface area contributed by atoms with Crippen LogP contribution >= 0.6 is 23.2 Å². The number of nitrogens with zero attached hydrogens (tertiary/aromatic N) is 4. The number of rotatable bonds is 7. The number of amides is 2. The van der Waals surface area contributed by atoms with Gasteiger partial charge < -0.3 is 15.3 Å². The van der Waals surface area contributed by atoms with E-state index in [1.54, 1.807) is 18.2 Å². The van der Waals surface area contributed by atoms with Crippen LogP contribution in [0.1, 0.15) is 69.5 Å². The number of aliphatic hydroxyl groups excluding tert-OH is 1. The molecule has 1 unspecified atom stereocenters. The van der Waals surface area contributed by atoms with E-state index in [9.17, 15) is 9.90 Å². The van der Waals surface area contributed by atoms with Gasteiger partial charge in [-0.05, 0) is 66.3 Å². The van der Waals surface area contributed by atoms with E-state index in [0.29, 0.717) is 34.0 Å². The Hall–Kier alpha value is -2.68. The van der Waals surface area contributed by atoms with E-state index >= 15 is 0 Å². The summed E-state index contributed by atoms with van der Waals surface area (Å²) in [7, 11) is 0. The molecule has 0 radical (unpaired) electrons. The minimum atomic E-state index is -0.744. The third kappa shape index (κ3) is 7.43. The number of halogens is 2. The third-order valence-corrected chi connectivity index (χ3v) is 7.66. The molecule has 1 fully saturated rings. The van der Waals surface area contributed by atoms with Crippen molar-refractivity contribution in [3.8, 4) is 0 Å². The Morgan fingerprint density at radius 2 is 1.76 bits per heavy atom. The van der Waals surface area contributed by atoms with Crippen LogP contribution in [-0.2, 0) is 13.0 Å². The highest BCUT2D eigenvalue weighted by molar-refractivity contribution is 6.35. The number of aromatic amines is 1. The van der Waals surface area contributed by atoms with Gasteiger partial charge >= 0.3 is 6.03 Å². The fourth-order valence-electron chi connectivity index (χ4n) is 5.04. The fraction of sp³-hybridized carbons (Fsp3) is 0.481. The molecule has 3 aromatic rings. The van der Waals surface area contributed by atoms with Crippen LogP contribution in [0.15, 0.2) is 42.5 Å². The molecule has 1 aliphatic carbocycles. The largest absolute Gasteiger partial charge is 0.388 e. The second-order valence-electron chi connectivity index (χ2n) is 10.9. The van der Waals surface area contributed by atoms with E-state index in [4.69, 9.17) is 23.2 Å². The lowest BCUT2D eigenvalue weighted by molar-refractivity contribution is 0.110. The van der Waals surface area contributed by atoms with Gasteiger partial charge in [0.15, 0.2) is 5.82 Å². The zero-order chi connectivity index (χ0) is 26.6. The van der Waals surface area contributed by atoms with Crippen LogP contribution in [0.5, 0.6) is 0 Å². The summed E-state index contributed by atoms with van der Waals surface area (Å²) in [5, 5.41) is 28.2. The third-order valence-electron chi connectivity index (χ3n) is 7.22. The average molecular weight is 546 g/mol. The Bertz CT molecular complexity index is 1150. The van der Waals surface area contributed by atoms with Gasteiger partial charge in [0.25, 0.3) is 0 Å². The van der Waals surface area contributed by atoms with Gasteiger partial charge in [-0.15, -0.1) is 10.2 Å². The number of anilines is 1. The highest BCUT2D eigenvalue weighted by atomic mass is 35.5. The number of benzene rings is 2. The number of carbonyl (C=O) groups is 1. The molecule has 10 heteroatoms. The monoisotopic (exact) mass is 544 g/mol. The minimum absolute atomic E-state index is 0.122. The summed E-state index contributed by atoms with van der Waals surface area (Å²) in [6.45, 7) is 7.33. The van der Waals surface area contributed by atoms with E-state index in [1.807, 2.05) is 29.2 Å². The molecule has 8 nitrogen and oxygen atoms in total. The van der Waals surface area contributed by atoms with Crippen molar-refractivity contribution < 1.29 is 9.90 Å². The van der Waals surface area contributed by atoms with E-state index < -0.39 is 6.10 Å². The van der Waals surface area contributed by atoms with Crippen molar-refractivity contribution in [2.24, 2.45) is 11.3 Å². The zero-order valence-electron chi connectivity index (χ0n) is 21.4. The highest BCUT2D eigenvalue weighted by Crippen LogP contribution is 2.39. The van der Waals surface area contributed by atoms with Crippen LogP contribution in [-0.4, -0.2) is 42.7 Å². The second-order valence-corrected chi connectivity index (χ2v) is 11.8. The van der Waals surface area contributed by atoms with Crippen molar-refractivity contribution in [3.05, 3.63) is 69.5 Å². The number of hydrogen-bond donors (Lipinski definition) is 3. The van der Waals surface area contributed by atoms with Crippen LogP contribution in [0.4, 0.5) is 10.5 Å². The lowest BCUT2D eigenvalue weighted by atomic mass is 9.71. The number of urea groups is 1. The molecule has 198 valence electrons. The van der Waals surface area contributed by atoms with Crippen molar-refractivity contribution in [2.75, 3.05) is 5.32 Å². The lowest BCUT2D eigenvalue weighted by Crippen LogP contribution is -2.45. The molecule has 0 spiro atoms. The van der Waals surface area contributed by atoms with Crippen molar-refractivity contribution >= 4 is 34.9 Å². The summed E-state index contributed by atoms with van der Waals surface area (Å²) >= 11 is 12.3. The molecule has 2 aromatic carbocycles. The highest BCUT2D eigenvalue weighted by Gasteiger charge is 2.33. The number of nitrogens with one attached hydrogen (secondary N) is 2. The molecule has 0 aliphatic heterocycles. The van der Waals surface area contributed by atoms with Gasteiger partial charge in [0.1, 0.15) is 0 Å². The maximum Gasteiger partial charge on any atom is 0.322 e. The predicted octanol–water partition coefficient (Wildman–Crippen LogP) is 6.42. The number of aromatic nitrogens is 4. The van der Waals surface area contributed by atoms with E-state index in [2.05, 4.69) is 46.7 Å². The molecule has 4 rings (SSSR count). The molecule has 1 atom stereocenters. The Labute approximate surface area is 227 Å². The first-order valence-electron chi connectivity index (χ1n) is 12.6. The lowest BCUT2D eigenvalue weighted by Gasteiger charge is -2.41. The van der Waals surface area contributed by atoms with Crippen LogP contribution in [0, 0.1) is 11.3 Å². The maximum absolute atomic E-state index is 13.5. The van der Waals surface area contributed by atoms with Crippen molar-refractivity contribution in [1.82, 2.24) is 25.5 Å². The molecule has 1 heterocycles. The summed E-state index contributed by atoms with van der Waals surface area (Å²) in [6, 6.07) is 12.6. The quantitative estimate of drug-likeness (QED) is 0.318. The predicted molar refractivity (Wildman–Crippen MR) is 146 cm³/mol. The average Bonchev–Trinajstić information content (AvgIpc) is 3.35. The van der Waals surface area contributed by atoms with Crippen molar-refractivity contribution in [3.63, 3.8) is 0 Å². The van der Waals surface area contributed by atoms with Gasteiger partial charge in [0.2, 0.25) is 0 Å². The van der Waals surface area contributed by atoms with E-state index in [0.717, 1.165) is 36.8 Å². The Morgan fingerprint density at radius 1 is 1.11 bits per heavy atom. The van der Waals surface area contributed by atoms with Crippen LogP contribution < -0.4 is 5.32 Å². The number of carbonyl (C=O) groups excluding carboxylic acids is 1. The summed E-state index contributed by atoms with van der Waals surface area (Å²) in [4.78, 5) is 15.5. The summed E-state index contributed by atoms with van der Waals surface area (Å²) in [6.07, 6.45) is 3.60. The maximum atomic E-state index is 13.5. The minimum Gasteiger partial charge on any atom is -0.388 e. The molecule has 1 aromatic heterocycles. The summed E-state index contributed by atoms with van der Waals surface area (Å²) < 4.78 is 0. The second kappa shape index (κ2) is 11.8. The zero-order valence-corrected chi connectivity index (χ0v) is 22.9. The molecule has 37 heavy (non-hydrogen) atoms. The first-order valence-corrected chi connectivity index (χ1v) is 13.4. The van der Waals surface area contributed by atoms with Gasteiger partial charge in [-0.3, -0.25) is 0 Å². The van der Waals surface area contributed by atoms with Gasteiger partial charge in [0.05, 0.1) is 6.10 Å². The Morgan fingerprint density at radius 3 is 2.32 bits per heavy atom. The SMILES string of the molecule is CC(C)(C)C1CCC(N(Cc2ccc(C(O)Cc3nn[nH]n3)cc2)C(=O)Nc2cc(Cl)cc(Cl)c2)CC1. The fourth-order valence-corrected chi connectivity index (χ4v) is 5.57. The van der Waals surface area contributed by atoms with Gasteiger partial charge in [-0.2, -0.15) is 5.21 Å². The number of tetrazole rings is 1. The first-order chi connectivity index (χ1) is 17.6. The Kier molecular flexibility index (Phi) is 8.72. The molecular formula is C27H34Cl2N6O2. The van der Waals surface area contributed by atoms with E-state index in [-0.39, 0.29) is 23.9 Å². The van der Waals surface area contributed by atoms with Crippen LogP contribution in [0.25, 0.3) is 0 Å². The van der Waals surface area contributed by atoms with Crippen LogP contribution in [0.2, 0.25) is 10.0 Å². The smallest absolute Gasteiger partial charge is 0.322 e. The number of hydrogen-bond acceptors (Lipinski definition) is 5. The molecule has 1 saturated carbocycles. The van der Waals surface area contributed by atoms with Gasteiger partial charge in [0, 0.05) is 34.7 Å². The number of aliphatic hydroxyl groups is 1. The molecular weight excluding hydrogens is 511 g/mol. The molecule has 0 saturated heterocycles. The van der Waals surface area contributed by atoms with Crippen molar-refractivity contribution in [2.45, 2.75) is 71.6 Å². The summed E-state index contributed by atoms with van der Waals surface area (Å²) in [5.74, 6) is 1.09. The Balaban J connectivity index is 1.49. The summed E-state index contributed by atoms with van der Waals surface area (Å²) in [5.41, 5.74) is 2.56. The topological polar surface area (TPSA) is 107 Å². The standard InChI is InChI=1S/C27H34Cl2N6O2/c1-27(2,3)19-8-10-23(11-9-19)35(26(37)30-22-13-20(28)12-21(29)14-22)16-17-4-6-18(7-5-17)24(36)15-25-31-33-34-32-25/h4-7,12-14,19,23-24,36H,8-11,15-16H2,1-3H3,(H,30,37)(H,31,32,33,34). The molecule has 3 N–H and O–H groups in total. The van der Waals surface area contributed by atoms with Gasteiger partial charge in [-0.25, -0.2) is 4.79 Å². The number of H-pyrrole nitrogens is 1. The van der Waals surface area contributed by atoms with Crippen molar-refractivity contribution in [1.29, 1.82) is 0 Å². The molecule has 1 aliphatic rings.